The Balaban J connectivity index is 2.50. The average molecular weight is 355 g/mol. The van der Waals surface area contributed by atoms with E-state index in [1.807, 2.05) is 25.5 Å². The number of halogens is 1. The number of aromatic amines is 1. The average Bonchev–Trinajstić information content (AvgIpc) is 2.77. The van der Waals surface area contributed by atoms with Crippen LogP contribution in [0.15, 0.2) is 20.3 Å². The fourth-order valence-corrected chi connectivity index (χ4v) is 2.94. The first-order chi connectivity index (χ1) is 10.0. The van der Waals surface area contributed by atoms with Gasteiger partial charge in [0.25, 0.3) is 5.56 Å². The molecular weight excluding hydrogens is 336 g/mol. The van der Waals surface area contributed by atoms with E-state index in [0.717, 1.165) is 28.8 Å². The Morgan fingerprint density at radius 1 is 1.24 bits per heavy atom. The maximum Gasteiger partial charge on any atom is 0.328 e. The molecule has 0 aliphatic rings. The Kier molecular flexibility index (Phi) is 4.82. The number of aryl methyl sites for hydroxylation is 3. The van der Waals surface area contributed by atoms with Crippen LogP contribution >= 0.6 is 15.9 Å². The lowest BCUT2D eigenvalue weighted by atomic mass is 10.2. The van der Waals surface area contributed by atoms with E-state index in [-0.39, 0.29) is 5.56 Å². The predicted molar refractivity (Wildman–Crippen MR) is 84.8 cm³/mol. The summed E-state index contributed by atoms with van der Waals surface area (Å²) in [6.07, 6.45) is 3.04. The van der Waals surface area contributed by atoms with Crippen molar-refractivity contribution in [3.05, 3.63) is 48.5 Å². The minimum Gasteiger partial charge on any atom is -0.294 e. The summed E-state index contributed by atoms with van der Waals surface area (Å²) in [5.41, 5.74) is 1.80. The summed E-state index contributed by atoms with van der Waals surface area (Å²) in [7, 11) is 0. The van der Waals surface area contributed by atoms with Gasteiger partial charge in [0, 0.05) is 18.3 Å². The van der Waals surface area contributed by atoms with Gasteiger partial charge in [-0.1, -0.05) is 13.8 Å². The number of rotatable bonds is 5. The second kappa shape index (κ2) is 6.43. The molecule has 0 amide bonds. The molecule has 0 fully saturated rings. The highest BCUT2D eigenvalue weighted by Gasteiger charge is 2.15. The van der Waals surface area contributed by atoms with Gasteiger partial charge in [0.15, 0.2) is 0 Å². The molecule has 0 atom stereocenters. The number of hydrogen-bond donors (Lipinski definition) is 1. The van der Waals surface area contributed by atoms with E-state index < -0.39 is 5.69 Å². The molecule has 0 unspecified atom stereocenters. The largest absolute Gasteiger partial charge is 0.328 e. The summed E-state index contributed by atoms with van der Waals surface area (Å²) in [4.78, 5) is 25.9. The van der Waals surface area contributed by atoms with Crippen LogP contribution in [0.1, 0.15) is 37.7 Å². The second-order valence-electron chi connectivity index (χ2n) is 4.77. The zero-order chi connectivity index (χ0) is 15.6. The van der Waals surface area contributed by atoms with Crippen LogP contribution < -0.4 is 11.2 Å². The van der Waals surface area contributed by atoms with Crippen molar-refractivity contribution < 1.29 is 0 Å². The third kappa shape index (κ3) is 3.02. The molecule has 0 aliphatic heterocycles. The molecule has 2 aromatic heterocycles. The fourth-order valence-electron chi connectivity index (χ4n) is 2.25. The number of nitrogens with zero attached hydrogens (tertiary/aromatic N) is 3. The van der Waals surface area contributed by atoms with Crippen molar-refractivity contribution in [3.63, 3.8) is 0 Å². The highest BCUT2D eigenvalue weighted by Crippen LogP contribution is 2.22. The first-order valence-electron chi connectivity index (χ1n) is 7.08. The number of aromatic nitrogens is 4. The molecule has 0 saturated heterocycles. The molecule has 7 heteroatoms. The van der Waals surface area contributed by atoms with Gasteiger partial charge in [-0.25, -0.2) is 4.79 Å². The molecule has 2 rings (SSSR count). The molecule has 0 spiro atoms. The molecule has 0 aromatic carbocycles. The van der Waals surface area contributed by atoms with E-state index in [0.29, 0.717) is 18.5 Å². The summed E-state index contributed by atoms with van der Waals surface area (Å²) in [5.74, 6) is 0. The van der Waals surface area contributed by atoms with Crippen molar-refractivity contribution in [1.82, 2.24) is 19.3 Å². The van der Waals surface area contributed by atoms with Gasteiger partial charge in [-0.05, 0) is 35.7 Å². The van der Waals surface area contributed by atoms with E-state index in [2.05, 4.69) is 26.0 Å². The van der Waals surface area contributed by atoms with Crippen LogP contribution in [-0.4, -0.2) is 19.3 Å². The Hall–Kier alpha value is -1.63. The van der Waals surface area contributed by atoms with Gasteiger partial charge in [-0.2, -0.15) is 5.10 Å². The van der Waals surface area contributed by atoms with Crippen LogP contribution in [0.2, 0.25) is 0 Å². The summed E-state index contributed by atoms with van der Waals surface area (Å²) in [6.45, 7) is 7.05. The zero-order valence-corrected chi connectivity index (χ0v) is 14.0. The Bertz CT molecular complexity index is 757. The number of hydrogen-bond acceptors (Lipinski definition) is 3. The molecule has 0 radical (unpaired) electrons. The first-order valence-corrected chi connectivity index (χ1v) is 7.87. The van der Waals surface area contributed by atoms with E-state index in [1.54, 1.807) is 6.20 Å². The van der Waals surface area contributed by atoms with E-state index >= 15 is 0 Å². The minimum atomic E-state index is -0.397. The zero-order valence-electron chi connectivity index (χ0n) is 12.4. The molecule has 114 valence electrons. The second-order valence-corrected chi connectivity index (χ2v) is 5.56. The number of nitrogens with one attached hydrogen (secondary N) is 1. The molecule has 21 heavy (non-hydrogen) atoms. The van der Waals surface area contributed by atoms with Gasteiger partial charge in [-0.15, -0.1) is 0 Å². The molecule has 0 aliphatic carbocycles. The smallest absolute Gasteiger partial charge is 0.294 e. The molecule has 6 nitrogen and oxygen atoms in total. The van der Waals surface area contributed by atoms with Crippen molar-refractivity contribution in [2.75, 3.05) is 0 Å². The molecular formula is C14H19BrN4O2. The van der Waals surface area contributed by atoms with Crippen molar-refractivity contribution in [2.24, 2.45) is 0 Å². The fraction of sp³-hybridized carbons (Fsp3) is 0.500. The van der Waals surface area contributed by atoms with Gasteiger partial charge < -0.3 is 0 Å². The van der Waals surface area contributed by atoms with Gasteiger partial charge in [0.2, 0.25) is 0 Å². The van der Waals surface area contributed by atoms with Gasteiger partial charge in [0.05, 0.1) is 22.4 Å². The Labute approximate surface area is 130 Å². The molecule has 2 heterocycles. The highest BCUT2D eigenvalue weighted by atomic mass is 79.9. The third-order valence-corrected chi connectivity index (χ3v) is 4.40. The van der Waals surface area contributed by atoms with Crippen molar-refractivity contribution >= 4 is 15.9 Å². The lowest BCUT2D eigenvalue weighted by Gasteiger charge is -2.09. The molecule has 0 bridgehead atoms. The van der Waals surface area contributed by atoms with Gasteiger partial charge in [0.1, 0.15) is 0 Å². The lowest BCUT2D eigenvalue weighted by molar-refractivity contribution is 0.581. The molecule has 2 aromatic rings. The number of H-pyrrole nitrogens is 1. The van der Waals surface area contributed by atoms with E-state index in [1.165, 1.54) is 4.57 Å². The summed E-state index contributed by atoms with van der Waals surface area (Å²) in [6, 6.07) is 0. The molecule has 0 saturated carbocycles. The lowest BCUT2D eigenvalue weighted by Crippen LogP contribution is -2.32. The van der Waals surface area contributed by atoms with Crippen LogP contribution in [0.5, 0.6) is 0 Å². The maximum atomic E-state index is 12.0. The standard InChI is InChI=1S/C14H19BrN4O2/c1-4-9-7-18(14(21)16-13(9)20)8-11-12(15)10(5-2)17-19(11)6-3/h7H,4-6,8H2,1-3H3,(H,16,20,21). The van der Waals surface area contributed by atoms with Crippen LogP contribution in [-0.2, 0) is 25.9 Å². The maximum absolute atomic E-state index is 12.0. The van der Waals surface area contributed by atoms with Crippen molar-refractivity contribution in [3.8, 4) is 0 Å². The topological polar surface area (TPSA) is 72.7 Å². The van der Waals surface area contributed by atoms with Crippen molar-refractivity contribution in [2.45, 2.75) is 46.7 Å². The van der Waals surface area contributed by atoms with Crippen LogP contribution in [0.4, 0.5) is 0 Å². The van der Waals surface area contributed by atoms with Gasteiger partial charge in [-0.3, -0.25) is 19.0 Å². The predicted octanol–water partition coefficient (Wildman–Crippen LogP) is 1.69. The van der Waals surface area contributed by atoms with E-state index in [4.69, 9.17) is 0 Å². The SMILES string of the molecule is CCc1nn(CC)c(Cn2cc(CC)c(=O)[nH]c2=O)c1Br. The Morgan fingerprint density at radius 3 is 2.52 bits per heavy atom. The van der Waals surface area contributed by atoms with Crippen LogP contribution in [0.25, 0.3) is 0 Å². The highest BCUT2D eigenvalue weighted by molar-refractivity contribution is 9.10. The summed E-state index contributed by atoms with van der Waals surface area (Å²) in [5, 5.41) is 4.52. The van der Waals surface area contributed by atoms with Crippen molar-refractivity contribution in [1.29, 1.82) is 0 Å². The summed E-state index contributed by atoms with van der Waals surface area (Å²) >= 11 is 3.56. The Morgan fingerprint density at radius 2 is 1.95 bits per heavy atom. The van der Waals surface area contributed by atoms with Crippen LogP contribution in [0, 0.1) is 0 Å². The van der Waals surface area contributed by atoms with Crippen LogP contribution in [0.3, 0.4) is 0 Å². The minimum absolute atomic E-state index is 0.309. The third-order valence-electron chi connectivity index (χ3n) is 3.48. The van der Waals surface area contributed by atoms with Gasteiger partial charge >= 0.3 is 5.69 Å². The summed E-state index contributed by atoms with van der Waals surface area (Å²) < 4.78 is 4.34. The first kappa shape index (κ1) is 15.8. The van der Waals surface area contributed by atoms with E-state index in [9.17, 15) is 9.59 Å². The normalized spacial score (nSPS) is 11.0. The monoisotopic (exact) mass is 354 g/mol. The quantitative estimate of drug-likeness (QED) is 0.887. The molecule has 1 N–H and O–H groups in total.